The molecular formula is C13H7Cl5FN. The van der Waals surface area contributed by atoms with Crippen LogP contribution in [0.5, 0.6) is 0 Å². The Morgan fingerprint density at radius 1 is 0.850 bits per heavy atom. The van der Waals surface area contributed by atoms with Crippen LogP contribution in [0.2, 0.25) is 25.1 Å². The predicted molar refractivity (Wildman–Crippen MR) is 85.2 cm³/mol. The normalized spacial score (nSPS) is 10.7. The van der Waals surface area contributed by atoms with E-state index in [0.717, 1.165) is 0 Å². The molecule has 0 aliphatic rings. The number of hydrogen-bond acceptors (Lipinski definition) is 1. The Balaban J connectivity index is 2.24. The fraction of sp³-hybridized carbons (Fsp3) is 0.0769. The van der Waals surface area contributed by atoms with E-state index in [1.807, 2.05) is 0 Å². The molecule has 106 valence electrons. The van der Waals surface area contributed by atoms with Gasteiger partial charge in [0.15, 0.2) is 5.82 Å². The van der Waals surface area contributed by atoms with Crippen LogP contribution < -0.4 is 5.32 Å². The van der Waals surface area contributed by atoms with Crippen LogP contribution in [0, 0.1) is 5.82 Å². The lowest BCUT2D eigenvalue weighted by atomic mass is 10.2. The fourth-order valence-electron chi connectivity index (χ4n) is 1.58. The summed E-state index contributed by atoms with van der Waals surface area (Å²) in [4.78, 5) is 0. The number of benzene rings is 2. The Hall–Kier alpha value is -0.380. The molecule has 0 saturated carbocycles. The summed E-state index contributed by atoms with van der Waals surface area (Å²) >= 11 is 29.5. The number of nitrogens with one attached hydrogen (secondary N) is 1. The molecule has 0 saturated heterocycles. The van der Waals surface area contributed by atoms with Crippen molar-refractivity contribution in [2.24, 2.45) is 0 Å². The summed E-state index contributed by atoms with van der Waals surface area (Å²) < 4.78 is 13.3. The molecule has 0 unspecified atom stereocenters. The molecule has 0 amide bonds. The van der Waals surface area contributed by atoms with Gasteiger partial charge in [-0.2, -0.15) is 0 Å². The van der Waals surface area contributed by atoms with Crippen molar-refractivity contribution in [3.8, 4) is 0 Å². The summed E-state index contributed by atoms with van der Waals surface area (Å²) in [5, 5.41) is 4.13. The summed E-state index contributed by atoms with van der Waals surface area (Å²) in [5.74, 6) is -0.655. The lowest BCUT2D eigenvalue weighted by molar-refractivity contribution is 0.629. The number of hydrogen-bond donors (Lipinski definition) is 1. The van der Waals surface area contributed by atoms with Gasteiger partial charge in [-0.15, -0.1) is 0 Å². The molecular weight excluding hydrogens is 366 g/mol. The van der Waals surface area contributed by atoms with Gasteiger partial charge in [0.1, 0.15) is 0 Å². The van der Waals surface area contributed by atoms with Crippen molar-refractivity contribution < 1.29 is 4.39 Å². The van der Waals surface area contributed by atoms with E-state index >= 15 is 0 Å². The standard InChI is InChI=1S/C13H7Cl5FN/c14-8-1-2-9(15)12(18)7(8)5-20-6-3-10(16)13(19)11(17)4-6/h1-4,20H,5H2. The van der Waals surface area contributed by atoms with Crippen LogP contribution in [-0.2, 0) is 6.54 Å². The highest BCUT2D eigenvalue weighted by Crippen LogP contribution is 2.33. The van der Waals surface area contributed by atoms with Crippen molar-refractivity contribution in [3.63, 3.8) is 0 Å². The maximum Gasteiger partial charge on any atom is 0.160 e. The van der Waals surface area contributed by atoms with Gasteiger partial charge < -0.3 is 5.32 Å². The van der Waals surface area contributed by atoms with E-state index in [1.165, 1.54) is 12.1 Å². The largest absolute Gasteiger partial charge is 0.381 e. The molecule has 7 heteroatoms. The van der Waals surface area contributed by atoms with E-state index in [-0.39, 0.29) is 10.0 Å². The SMILES string of the molecule is Fc1c(Cl)cc(NCc2c(Cl)ccc(Cl)c2Cl)cc1Cl. The zero-order valence-electron chi connectivity index (χ0n) is 9.78. The lowest BCUT2D eigenvalue weighted by Gasteiger charge is -2.12. The van der Waals surface area contributed by atoms with Gasteiger partial charge in [0.25, 0.3) is 0 Å². The Labute approximate surface area is 140 Å². The van der Waals surface area contributed by atoms with Gasteiger partial charge in [0.2, 0.25) is 0 Å². The second-order valence-corrected chi connectivity index (χ2v) is 5.94. The summed E-state index contributed by atoms with van der Waals surface area (Å²) in [5.41, 5.74) is 1.19. The average Bonchev–Trinajstić information content (AvgIpc) is 2.40. The van der Waals surface area contributed by atoms with Crippen LogP contribution in [0.15, 0.2) is 24.3 Å². The number of anilines is 1. The summed E-state index contributed by atoms with van der Waals surface area (Å²) in [6.45, 7) is 0.302. The highest BCUT2D eigenvalue weighted by Gasteiger charge is 2.11. The predicted octanol–water partition coefficient (Wildman–Crippen LogP) is 6.70. The second kappa shape index (κ2) is 6.59. The smallest absolute Gasteiger partial charge is 0.160 e. The molecule has 20 heavy (non-hydrogen) atoms. The van der Waals surface area contributed by atoms with Crippen LogP contribution in [-0.4, -0.2) is 0 Å². The molecule has 0 aliphatic heterocycles. The molecule has 0 aromatic heterocycles. The quantitative estimate of drug-likeness (QED) is 0.466. The number of halogens is 6. The van der Waals surface area contributed by atoms with Gasteiger partial charge in [-0.3, -0.25) is 0 Å². The first-order valence-corrected chi connectivity index (χ1v) is 7.30. The molecule has 0 radical (unpaired) electrons. The zero-order valence-corrected chi connectivity index (χ0v) is 13.6. The molecule has 1 N–H and O–H groups in total. The third-order valence-corrected chi connectivity index (χ3v) is 4.34. The average molecular weight is 373 g/mol. The minimum absolute atomic E-state index is 0.0664. The van der Waals surface area contributed by atoms with Crippen molar-refractivity contribution in [2.75, 3.05) is 5.32 Å². The fourth-order valence-corrected chi connectivity index (χ4v) is 2.75. The van der Waals surface area contributed by atoms with E-state index in [2.05, 4.69) is 5.32 Å². The summed E-state index contributed by atoms with van der Waals surface area (Å²) in [7, 11) is 0. The number of rotatable bonds is 3. The van der Waals surface area contributed by atoms with Crippen molar-refractivity contribution in [3.05, 3.63) is 60.8 Å². The molecule has 2 rings (SSSR count). The van der Waals surface area contributed by atoms with Crippen LogP contribution in [0.1, 0.15) is 5.56 Å². The van der Waals surface area contributed by atoms with Crippen molar-refractivity contribution >= 4 is 63.7 Å². The van der Waals surface area contributed by atoms with Crippen molar-refractivity contribution in [1.29, 1.82) is 0 Å². The van der Waals surface area contributed by atoms with E-state index in [9.17, 15) is 4.39 Å². The first kappa shape index (κ1) is 16.0. The Bertz CT molecular complexity index is 636. The van der Waals surface area contributed by atoms with Crippen molar-refractivity contribution in [1.82, 2.24) is 0 Å². The van der Waals surface area contributed by atoms with Gasteiger partial charge in [-0.05, 0) is 24.3 Å². The third-order valence-electron chi connectivity index (χ3n) is 2.59. The van der Waals surface area contributed by atoms with E-state index in [1.54, 1.807) is 12.1 Å². The molecule has 0 fully saturated rings. The van der Waals surface area contributed by atoms with Gasteiger partial charge in [-0.25, -0.2) is 4.39 Å². The molecule has 2 aromatic rings. The minimum atomic E-state index is -0.655. The monoisotopic (exact) mass is 371 g/mol. The molecule has 0 spiro atoms. The Kier molecular flexibility index (Phi) is 5.27. The van der Waals surface area contributed by atoms with Crippen LogP contribution in [0.25, 0.3) is 0 Å². The molecule has 0 atom stereocenters. The van der Waals surface area contributed by atoms with Crippen LogP contribution in [0.4, 0.5) is 10.1 Å². The second-order valence-electron chi connectivity index (χ2n) is 3.93. The highest BCUT2D eigenvalue weighted by atomic mass is 35.5. The zero-order chi connectivity index (χ0) is 14.9. The topological polar surface area (TPSA) is 12.0 Å². The Morgan fingerprint density at radius 2 is 1.40 bits per heavy atom. The molecule has 1 nitrogen and oxygen atoms in total. The maximum absolute atomic E-state index is 13.3. The lowest BCUT2D eigenvalue weighted by Crippen LogP contribution is -2.01. The molecule has 0 bridgehead atoms. The summed E-state index contributed by atoms with van der Waals surface area (Å²) in [6, 6.07) is 6.11. The van der Waals surface area contributed by atoms with Crippen LogP contribution in [0.3, 0.4) is 0 Å². The molecule has 0 aliphatic carbocycles. The first-order chi connectivity index (χ1) is 9.40. The van der Waals surface area contributed by atoms with E-state index in [4.69, 9.17) is 58.0 Å². The highest BCUT2D eigenvalue weighted by molar-refractivity contribution is 6.44. The summed E-state index contributed by atoms with van der Waals surface area (Å²) in [6.07, 6.45) is 0. The Morgan fingerprint density at radius 3 is 2.00 bits per heavy atom. The molecule has 0 heterocycles. The van der Waals surface area contributed by atoms with E-state index < -0.39 is 5.82 Å². The van der Waals surface area contributed by atoms with E-state index in [0.29, 0.717) is 32.9 Å². The van der Waals surface area contributed by atoms with Gasteiger partial charge in [0, 0.05) is 22.8 Å². The minimum Gasteiger partial charge on any atom is -0.381 e. The van der Waals surface area contributed by atoms with Gasteiger partial charge >= 0.3 is 0 Å². The maximum atomic E-state index is 13.3. The van der Waals surface area contributed by atoms with Crippen molar-refractivity contribution in [2.45, 2.75) is 6.54 Å². The van der Waals surface area contributed by atoms with Gasteiger partial charge in [0.05, 0.1) is 20.1 Å². The third kappa shape index (κ3) is 3.44. The van der Waals surface area contributed by atoms with Gasteiger partial charge in [-0.1, -0.05) is 58.0 Å². The first-order valence-electron chi connectivity index (χ1n) is 5.41. The molecule has 2 aromatic carbocycles. The van der Waals surface area contributed by atoms with Crippen LogP contribution >= 0.6 is 58.0 Å².